The van der Waals surface area contributed by atoms with Gasteiger partial charge in [-0.2, -0.15) is 0 Å². The van der Waals surface area contributed by atoms with Crippen molar-refractivity contribution in [2.75, 3.05) is 19.7 Å². The molecule has 126 valence electrons. The van der Waals surface area contributed by atoms with Crippen LogP contribution in [0.1, 0.15) is 25.7 Å². The molecule has 2 aromatic carbocycles. The van der Waals surface area contributed by atoms with E-state index in [0.717, 1.165) is 31.7 Å². The molecule has 0 atom stereocenters. The van der Waals surface area contributed by atoms with Gasteiger partial charge in [0, 0.05) is 19.2 Å². The summed E-state index contributed by atoms with van der Waals surface area (Å²) in [7, 11) is 0. The first-order valence-electron chi connectivity index (χ1n) is 8.55. The minimum Gasteiger partial charge on any atom is -0.484 e. The van der Waals surface area contributed by atoms with E-state index in [1.54, 1.807) is 0 Å². The Labute approximate surface area is 143 Å². The van der Waals surface area contributed by atoms with Gasteiger partial charge >= 0.3 is 0 Å². The van der Waals surface area contributed by atoms with Crippen molar-refractivity contribution in [1.82, 2.24) is 4.90 Å². The highest BCUT2D eigenvalue weighted by atomic mass is 16.5. The van der Waals surface area contributed by atoms with Crippen LogP contribution in [0, 0.1) is 0 Å². The molecule has 4 heteroatoms. The highest BCUT2D eigenvalue weighted by molar-refractivity contribution is 5.77. The zero-order valence-electron chi connectivity index (χ0n) is 13.8. The second-order valence-electron chi connectivity index (χ2n) is 5.97. The van der Waals surface area contributed by atoms with Gasteiger partial charge in [-0.3, -0.25) is 4.79 Å². The summed E-state index contributed by atoms with van der Waals surface area (Å²) in [5.74, 6) is 2.18. The molecule has 0 bridgehead atoms. The van der Waals surface area contributed by atoms with Crippen molar-refractivity contribution in [2.45, 2.75) is 25.7 Å². The minimum atomic E-state index is 0.0614. The number of para-hydroxylation sites is 1. The first-order valence-corrected chi connectivity index (χ1v) is 8.55. The number of hydrogen-bond donors (Lipinski definition) is 0. The highest BCUT2D eigenvalue weighted by Crippen LogP contribution is 2.25. The summed E-state index contributed by atoms with van der Waals surface area (Å²) < 4.78 is 11.5. The fourth-order valence-electron chi connectivity index (χ4n) is 2.81. The number of nitrogens with zero attached hydrogens (tertiary/aromatic N) is 1. The molecule has 1 aliphatic heterocycles. The van der Waals surface area contributed by atoms with Crippen LogP contribution in [-0.4, -0.2) is 30.5 Å². The normalized spacial score (nSPS) is 14.8. The van der Waals surface area contributed by atoms with Crippen LogP contribution in [0.3, 0.4) is 0 Å². The lowest BCUT2D eigenvalue weighted by molar-refractivity contribution is -0.133. The number of carbonyl (C=O) groups excluding carboxylic acids is 1. The van der Waals surface area contributed by atoms with Gasteiger partial charge in [-0.1, -0.05) is 37.1 Å². The maximum Gasteiger partial charge on any atom is 0.260 e. The third-order valence-electron chi connectivity index (χ3n) is 4.11. The van der Waals surface area contributed by atoms with Gasteiger partial charge in [-0.05, 0) is 37.1 Å². The smallest absolute Gasteiger partial charge is 0.260 e. The second-order valence-corrected chi connectivity index (χ2v) is 5.97. The van der Waals surface area contributed by atoms with Gasteiger partial charge in [0.05, 0.1) is 0 Å². The molecule has 0 unspecified atom stereocenters. The standard InChI is InChI=1S/C20H23NO3/c22-20(21-13-6-1-2-7-14-21)16-23-18-11-8-12-19(15-18)24-17-9-4-3-5-10-17/h3-5,8-12,15H,1-2,6-7,13-14,16H2. The van der Waals surface area contributed by atoms with E-state index in [2.05, 4.69) is 0 Å². The van der Waals surface area contributed by atoms with Crippen molar-refractivity contribution in [3.8, 4) is 17.2 Å². The summed E-state index contributed by atoms with van der Waals surface area (Å²) in [5.41, 5.74) is 0. The van der Waals surface area contributed by atoms with Gasteiger partial charge in [0.1, 0.15) is 17.2 Å². The Morgan fingerprint density at radius 1 is 0.833 bits per heavy atom. The maximum atomic E-state index is 12.3. The summed E-state index contributed by atoms with van der Waals surface area (Å²) in [5, 5.41) is 0. The number of carbonyl (C=O) groups is 1. The van der Waals surface area contributed by atoms with Gasteiger partial charge in [0.2, 0.25) is 0 Å². The van der Waals surface area contributed by atoms with E-state index in [4.69, 9.17) is 9.47 Å². The largest absolute Gasteiger partial charge is 0.484 e. The Hall–Kier alpha value is -2.49. The van der Waals surface area contributed by atoms with Gasteiger partial charge in [0.15, 0.2) is 6.61 Å². The van der Waals surface area contributed by atoms with E-state index in [9.17, 15) is 4.79 Å². The maximum absolute atomic E-state index is 12.3. The Kier molecular flexibility index (Phi) is 5.72. The van der Waals surface area contributed by atoms with Crippen LogP contribution in [0.5, 0.6) is 17.2 Å². The van der Waals surface area contributed by atoms with Crippen LogP contribution in [0.25, 0.3) is 0 Å². The summed E-state index contributed by atoms with van der Waals surface area (Å²) >= 11 is 0. The van der Waals surface area contributed by atoms with E-state index < -0.39 is 0 Å². The van der Waals surface area contributed by atoms with E-state index >= 15 is 0 Å². The molecule has 24 heavy (non-hydrogen) atoms. The fourth-order valence-corrected chi connectivity index (χ4v) is 2.81. The van der Waals surface area contributed by atoms with Crippen LogP contribution in [0.4, 0.5) is 0 Å². The van der Waals surface area contributed by atoms with Crippen LogP contribution in [0.2, 0.25) is 0 Å². The molecule has 1 amide bonds. The molecule has 0 N–H and O–H groups in total. The average Bonchev–Trinajstić information content (AvgIpc) is 2.90. The van der Waals surface area contributed by atoms with Gasteiger partial charge in [0.25, 0.3) is 5.91 Å². The topological polar surface area (TPSA) is 38.8 Å². The van der Waals surface area contributed by atoms with Gasteiger partial charge < -0.3 is 14.4 Å². The quantitative estimate of drug-likeness (QED) is 0.824. The Bertz CT molecular complexity index is 649. The van der Waals surface area contributed by atoms with Crippen LogP contribution >= 0.6 is 0 Å². The predicted molar refractivity (Wildman–Crippen MR) is 93.5 cm³/mol. The minimum absolute atomic E-state index is 0.0614. The van der Waals surface area contributed by atoms with Gasteiger partial charge in [-0.15, -0.1) is 0 Å². The molecule has 3 rings (SSSR count). The van der Waals surface area contributed by atoms with E-state index in [-0.39, 0.29) is 12.5 Å². The second kappa shape index (κ2) is 8.39. The number of likely N-dealkylation sites (tertiary alicyclic amines) is 1. The molecular weight excluding hydrogens is 302 g/mol. The summed E-state index contributed by atoms with van der Waals surface area (Å²) in [6.07, 6.45) is 4.60. The zero-order chi connectivity index (χ0) is 16.6. The number of ether oxygens (including phenoxy) is 2. The monoisotopic (exact) mass is 325 g/mol. The van der Waals surface area contributed by atoms with Crippen molar-refractivity contribution < 1.29 is 14.3 Å². The Balaban J connectivity index is 1.55. The SMILES string of the molecule is O=C(COc1cccc(Oc2ccccc2)c1)N1CCCCCC1. The number of rotatable bonds is 5. The van der Waals surface area contributed by atoms with Crippen molar-refractivity contribution in [3.63, 3.8) is 0 Å². The first kappa shape index (κ1) is 16.4. The third-order valence-corrected chi connectivity index (χ3v) is 4.11. The molecule has 0 spiro atoms. The zero-order valence-corrected chi connectivity index (χ0v) is 13.8. The molecule has 2 aromatic rings. The third kappa shape index (κ3) is 4.75. The first-order chi connectivity index (χ1) is 11.8. The molecule has 4 nitrogen and oxygen atoms in total. The number of benzene rings is 2. The molecule has 1 saturated heterocycles. The van der Waals surface area contributed by atoms with E-state index in [0.29, 0.717) is 11.5 Å². The van der Waals surface area contributed by atoms with E-state index in [1.807, 2.05) is 59.5 Å². The fraction of sp³-hybridized carbons (Fsp3) is 0.350. The molecule has 0 aliphatic carbocycles. The van der Waals surface area contributed by atoms with Crippen molar-refractivity contribution in [1.29, 1.82) is 0 Å². The molecule has 1 heterocycles. The molecule has 0 radical (unpaired) electrons. The molecule has 1 aliphatic rings. The van der Waals surface area contributed by atoms with Crippen LogP contribution in [-0.2, 0) is 4.79 Å². The lowest BCUT2D eigenvalue weighted by Crippen LogP contribution is -2.35. The summed E-state index contributed by atoms with van der Waals surface area (Å²) in [6.45, 7) is 1.77. The van der Waals surface area contributed by atoms with Crippen molar-refractivity contribution in [3.05, 3.63) is 54.6 Å². The predicted octanol–water partition coefficient (Wildman–Crippen LogP) is 4.26. The van der Waals surface area contributed by atoms with E-state index in [1.165, 1.54) is 12.8 Å². The Morgan fingerprint density at radius 3 is 2.25 bits per heavy atom. The molecule has 0 aromatic heterocycles. The van der Waals surface area contributed by atoms with Gasteiger partial charge in [-0.25, -0.2) is 0 Å². The lowest BCUT2D eigenvalue weighted by Gasteiger charge is -2.20. The lowest BCUT2D eigenvalue weighted by atomic mass is 10.2. The van der Waals surface area contributed by atoms with Crippen molar-refractivity contribution in [2.24, 2.45) is 0 Å². The molecule has 0 saturated carbocycles. The molecule has 1 fully saturated rings. The number of amides is 1. The Morgan fingerprint density at radius 2 is 1.50 bits per heavy atom. The highest BCUT2D eigenvalue weighted by Gasteiger charge is 2.15. The summed E-state index contributed by atoms with van der Waals surface area (Å²) in [4.78, 5) is 14.2. The van der Waals surface area contributed by atoms with Crippen LogP contribution < -0.4 is 9.47 Å². The number of hydrogen-bond acceptors (Lipinski definition) is 3. The average molecular weight is 325 g/mol. The molecular formula is C20H23NO3. The van der Waals surface area contributed by atoms with Crippen molar-refractivity contribution >= 4 is 5.91 Å². The summed E-state index contributed by atoms with van der Waals surface area (Å²) in [6, 6.07) is 17.0. The van der Waals surface area contributed by atoms with Crippen LogP contribution in [0.15, 0.2) is 54.6 Å².